The fraction of sp³-hybridized carbons (Fsp3) is 0.444. The van der Waals surface area contributed by atoms with Crippen molar-refractivity contribution in [1.29, 1.82) is 5.26 Å². The number of carbonyl (C=O) groups excluding carboxylic acids is 1. The smallest absolute Gasteiger partial charge is 0.239 e. The van der Waals surface area contributed by atoms with E-state index in [9.17, 15) is 10.1 Å². The molecule has 0 unspecified atom stereocenters. The third kappa shape index (κ3) is 4.42. The van der Waals surface area contributed by atoms with Crippen molar-refractivity contribution < 1.29 is 4.79 Å². The zero-order chi connectivity index (χ0) is 18.0. The molecule has 25 heavy (non-hydrogen) atoms. The van der Waals surface area contributed by atoms with Crippen LogP contribution in [0, 0.1) is 17.2 Å². The van der Waals surface area contributed by atoms with Gasteiger partial charge in [-0.3, -0.25) is 9.69 Å². The SMILES string of the molecule is C[C@@H]1CCc2c(sc(NC(=O)CN(C)Cc3ccc(Cl)s3)c2C#N)C1. The molecule has 0 saturated carbocycles. The zero-order valence-corrected chi connectivity index (χ0v) is 16.7. The number of carbonyl (C=O) groups is 1. The van der Waals surface area contributed by atoms with Crippen molar-refractivity contribution in [3.63, 3.8) is 0 Å². The third-order valence-electron chi connectivity index (χ3n) is 4.34. The molecule has 0 radical (unpaired) electrons. The Labute approximate surface area is 161 Å². The van der Waals surface area contributed by atoms with Gasteiger partial charge in [-0.2, -0.15) is 5.26 Å². The quantitative estimate of drug-likeness (QED) is 0.811. The van der Waals surface area contributed by atoms with Crippen LogP contribution in [0.15, 0.2) is 12.1 Å². The number of rotatable bonds is 5. The number of hydrogen-bond donors (Lipinski definition) is 1. The summed E-state index contributed by atoms with van der Waals surface area (Å²) in [5.41, 5.74) is 1.80. The molecule has 0 aliphatic heterocycles. The fourth-order valence-corrected chi connectivity index (χ4v) is 5.67. The Kier molecular flexibility index (Phi) is 5.80. The van der Waals surface area contributed by atoms with Gasteiger partial charge < -0.3 is 5.32 Å². The Hall–Kier alpha value is -1.39. The second-order valence-electron chi connectivity index (χ2n) is 6.59. The molecule has 1 amide bonds. The van der Waals surface area contributed by atoms with Crippen molar-refractivity contribution in [3.8, 4) is 6.07 Å². The molecule has 1 aliphatic carbocycles. The molecule has 1 atom stereocenters. The maximum atomic E-state index is 12.4. The van der Waals surface area contributed by atoms with Crippen molar-refractivity contribution in [2.24, 2.45) is 5.92 Å². The highest BCUT2D eigenvalue weighted by Crippen LogP contribution is 2.39. The Balaban J connectivity index is 1.64. The number of nitrogens with zero attached hydrogens (tertiary/aromatic N) is 2. The lowest BCUT2D eigenvalue weighted by molar-refractivity contribution is -0.117. The van der Waals surface area contributed by atoms with Crippen LogP contribution in [0.3, 0.4) is 0 Å². The maximum Gasteiger partial charge on any atom is 0.239 e. The van der Waals surface area contributed by atoms with Gasteiger partial charge in [-0.1, -0.05) is 18.5 Å². The van der Waals surface area contributed by atoms with Gasteiger partial charge in [0, 0.05) is 16.3 Å². The van der Waals surface area contributed by atoms with Gasteiger partial charge in [0.25, 0.3) is 0 Å². The van der Waals surface area contributed by atoms with Gasteiger partial charge >= 0.3 is 0 Å². The Bertz CT molecular complexity index is 821. The topological polar surface area (TPSA) is 56.1 Å². The summed E-state index contributed by atoms with van der Waals surface area (Å²) in [6.07, 6.45) is 3.05. The molecule has 0 spiro atoms. The fourth-order valence-electron chi connectivity index (χ4n) is 3.13. The minimum atomic E-state index is -0.0895. The number of halogens is 1. The lowest BCUT2D eigenvalue weighted by Gasteiger charge is -2.17. The van der Waals surface area contributed by atoms with Crippen LogP contribution in [-0.4, -0.2) is 24.4 Å². The van der Waals surface area contributed by atoms with E-state index in [1.54, 1.807) is 11.3 Å². The molecule has 0 saturated heterocycles. The van der Waals surface area contributed by atoms with E-state index >= 15 is 0 Å². The van der Waals surface area contributed by atoms with E-state index in [1.807, 2.05) is 24.1 Å². The normalized spacial score (nSPS) is 16.5. The minimum Gasteiger partial charge on any atom is -0.315 e. The molecule has 0 aromatic carbocycles. The maximum absolute atomic E-state index is 12.4. The second-order valence-corrected chi connectivity index (χ2v) is 9.50. The molecule has 2 aromatic heterocycles. The van der Waals surface area contributed by atoms with E-state index < -0.39 is 0 Å². The number of amides is 1. The molecule has 4 nitrogen and oxygen atoms in total. The number of anilines is 1. The molecule has 7 heteroatoms. The number of thiophene rings is 2. The predicted molar refractivity (Wildman–Crippen MR) is 105 cm³/mol. The van der Waals surface area contributed by atoms with Crippen LogP contribution in [0.25, 0.3) is 0 Å². The van der Waals surface area contributed by atoms with Gasteiger partial charge in [0.1, 0.15) is 11.1 Å². The van der Waals surface area contributed by atoms with Crippen molar-refractivity contribution in [2.75, 3.05) is 18.9 Å². The number of nitrogens with one attached hydrogen (secondary N) is 1. The van der Waals surface area contributed by atoms with Crippen molar-refractivity contribution >= 4 is 45.2 Å². The first kappa shape index (κ1) is 18.4. The average molecular weight is 394 g/mol. The first-order valence-corrected chi connectivity index (χ1v) is 10.2. The van der Waals surface area contributed by atoms with Gasteiger partial charge in [-0.15, -0.1) is 22.7 Å². The van der Waals surface area contributed by atoms with E-state index in [0.717, 1.165) is 34.0 Å². The highest BCUT2D eigenvalue weighted by atomic mass is 35.5. The predicted octanol–water partition coefficient (Wildman–Crippen LogP) is 4.53. The summed E-state index contributed by atoms with van der Waals surface area (Å²) in [5, 5.41) is 13.2. The van der Waals surface area contributed by atoms with Crippen molar-refractivity contribution in [2.45, 2.75) is 32.7 Å². The zero-order valence-electron chi connectivity index (χ0n) is 14.3. The standard InChI is InChI=1S/C18H20ClN3OS2/c1-11-3-5-13-14(8-20)18(25-15(13)7-11)21-17(23)10-22(2)9-12-4-6-16(19)24-12/h4,6,11H,3,5,7,9-10H2,1-2H3,(H,21,23)/t11-/m1/s1. The highest BCUT2D eigenvalue weighted by molar-refractivity contribution is 7.16. The third-order valence-corrected chi connectivity index (χ3v) is 6.73. The van der Waals surface area contributed by atoms with Crippen LogP contribution in [0.2, 0.25) is 4.34 Å². The van der Waals surface area contributed by atoms with Gasteiger partial charge in [-0.05, 0) is 49.9 Å². The summed E-state index contributed by atoms with van der Waals surface area (Å²) < 4.78 is 0.755. The van der Waals surface area contributed by atoms with Gasteiger partial charge in [0.05, 0.1) is 16.4 Å². The minimum absolute atomic E-state index is 0.0895. The van der Waals surface area contributed by atoms with Gasteiger partial charge in [0.15, 0.2) is 0 Å². The monoisotopic (exact) mass is 393 g/mol. The van der Waals surface area contributed by atoms with E-state index in [0.29, 0.717) is 23.0 Å². The van der Waals surface area contributed by atoms with E-state index in [1.165, 1.54) is 16.2 Å². The summed E-state index contributed by atoms with van der Waals surface area (Å²) in [6, 6.07) is 6.13. The van der Waals surface area contributed by atoms with E-state index in [4.69, 9.17) is 11.6 Å². The molecular formula is C18H20ClN3OS2. The molecule has 132 valence electrons. The van der Waals surface area contributed by atoms with Gasteiger partial charge in [0.2, 0.25) is 5.91 Å². The number of hydrogen-bond acceptors (Lipinski definition) is 5. The Morgan fingerprint density at radius 3 is 2.96 bits per heavy atom. The molecular weight excluding hydrogens is 374 g/mol. The van der Waals surface area contributed by atoms with Crippen LogP contribution >= 0.6 is 34.3 Å². The summed E-state index contributed by atoms with van der Waals surface area (Å²) in [7, 11) is 1.90. The second kappa shape index (κ2) is 7.88. The number of fused-ring (bicyclic) bond motifs is 1. The van der Waals surface area contributed by atoms with Gasteiger partial charge in [-0.25, -0.2) is 0 Å². The Morgan fingerprint density at radius 1 is 1.48 bits per heavy atom. The Morgan fingerprint density at radius 2 is 2.28 bits per heavy atom. The van der Waals surface area contributed by atoms with Crippen LogP contribution in [-0.2, 0) is 24.2 Å². The lowest BCUT2D eigenvalue weighted by Crippen LogP contribution is -2.29. The number of nitriles is 1. The highest BCUT2D eigenvalue weighted by Gasteiger charge is 2.24. The average Bonchev–Trinajstić information content (AvgIpc) is 3.09. The molecule has 2 aromatic rings. The first-order chi connectivity index (χ1) is 12.0. The van der Waals surface area contributed by atoms with Crippen LogP contribution in [0.4, 0.5) is 5.00 Å². The molecule has 1 N–H and O–H groups in total. The van der Waals surface area contributed by atoms with Crippen molar-refractivity contribution in [3.05, 3.63) is 37.4 Å². The van der Waals surface area contributed by atoms with Crippen molar-refractivity contribution in [1.82, 2.24) is 4.90 Å². The summed E-state index contributed by atoms with van der Waals surface area (Å²) in [4.78, 5) is 16.7. The summed E-state index contributed by atoms with van der Waals surface area (Å²) in [6.45, 7) is 3.19. The largest absolute Gasteiger partial charge is 0.315 e. The molecule has 2 heterocycles. The lowest BCUT2D eigenvalue weighted by atomic mass is 9.89. The van der Waals surface area contributed by atoms with Crippen LogP contribution in [0.1, 0.15) is 34.2 Å². The van der Waals surface area contributed by atoms with E-state index in [2.05, 4.69) is 18.3 Å². The molecule has 3 rings (SSSR count). The molecule has 0 fully saturated rings. The summed E-state index contributed by atoms with van der Waals surface area (Å²) in [5.74, 6) is 0.554. The van der Waals surface area contributed by atoms with Crippen LogP contribution < -0.4 is 5.32 Å². The molecule has 1 aliphatic rings. The number of likely N-dealkylation sites (N-methyl/N-ethyl adjacent to an activating group) is 1. The molecule has 0 bridgehead atoms. The summed E-state index contributed by atoms with van der Waals surface area (Å²) >= 11 is 9.03. The first-order valence-electron chi connectivity index (χ1n) is 8.23. The van der Waals surface area contributed by atoms with E-state index in [-0.39, 0.29) is 12.5 Å². The van der Waals surface area contributed by atoms with Crippen LogP contribution in [0.5, 0.6) is 0 Å².